The molecule has 0 saturated carbocycles. The molecular formula is C13H9N5O3. The first kappa shape index (κ1) is 12.7. The first-order chi connectivity index (χ1) is 10.2. The number of hydrogen-bond donors (Lipinski definition) is 3. The van der Waals surface area contributed by atoms with Crippen molar-refractivity contribution in [2.45, 2.75) is 0 Å². The van der Waals surface area contributed by atoms with Gasteiger partial charge in [0.25, 0.3) is 0 Å². The SMILES string of the molecule is O=Cc1cc(O)cc(O)c1/N=N/c1ccc2[nH]nnc2c1. The second-order valence-corrected chi connectivity index (χ2v) is 4.23. The fourth-order valence-corrected chi connectivity index (χ4v) is 1.82. The lowest BCUT2D eigenvalue weighted by atomic mass is 10.2. The smallest absolute Gasteiger partial charge is 0.152 e. The van der Waals surface area contributed by atoms with Gasteiger partial charge in [0.2, 0.25) is 0 Å². The number of aromatic amines is 1. The second kappa shape index (κ2) is 5.00. The summed E-state index contributed by atoms with van der Waals surface area (Å²) in [7, 11) is 0. The summed E-state index contributed by atoms with van der Waals surface area (Å²) in [5, 5.41) is 37.0. The number of aromatic hydroxyl groups is 2. The third-order valence-electron chi connectivity index (χ3n) is 2.81. The number of carbonyl (C=O) groups is 1. The average molecular weight is 283 g/mol. The van der Waals surface area contributed by atoms with Crippen molar-refractivity contribution in [3.63, 3.8) is 0 Å². The number of fused-ring (bicyclic) bond motifs is 1. The van der Waals surface area contributed by atoms with Crippen LogP contribution < -0.4 is 0 Å². The van der Waals surface area contributed by atoms with Gasteiger partial charge in [0.15, 0.2) is 6.29 Å². The van der Waals surface area contributed by atoms with Crippen LogP contribution in [0.3, 0.4) is 0 Å². The van der Waals surface area contributed by atoms with E-state index in [1.165, 1.54) is 6.07 Å². The van der Waals surface area contributed by atoms with E-state index in [4.69, 9.17) is 0 Å². The summed E-state index contributed by atoms with van der Waals surface area (Å²) in [5.74, 6) is -0.555. The lowest BCUT2D eigenvalue weighted by Gasteiger charge is -2.02. The average Bonchev–Trinajstić information content (AvgIpc) is 2.93. The van der Waals surface area contributed by atoms with Gasteiger partial charge in [0.05, 0.1) is 11.2 Å². The summed E-state index contributed by atoms with van der Waals surface area (Å²) >= 11 is 0. The lowest BCUT2D eigenvalue weighted by Crippen LogP contribution is -1.81. The number of rotatable bonds is 3. The molecule has 0 aliphatic carbocycles. The Bertz CT molecular complexity index is 856. The largest absolute Gasteiger partial charge is 0.508 e. The van der Waals surface area contributed by atoms with Crippen LogP contribution in [0.5, 0.6) is 11.5 Å². The molecular weight excluding hydrogens is 274 g/mol. The standard InChI is InChI=1S/C13H9N5O3/c19-6-7-3-9(20)5-12(21)13(7)17-14-8-1-2-10-11(4-8)16-18-15-10/h1-6,20-21H,(H,15,16,18)/b17-14+. The molecule has 0 fully saturated rings. The summed E-state index contributed by atoms with van der Waals surface area (Å²) in [4.78, 5) is 10.9. The first-order valence-electron chi connectivity index (χ1n) is 5.91. The van der Waals surface area contributed by atoms with Gasteiger partial charge in [-0.25, -0.2) is 0 Å². The van der Waals surface area contributed by atoms with Gasteiger partial charge in [-0.3, -0.25) is 9.89 Å². The Labute approximate surface area is 117 Å². The van der Waals surface area contributed by atoms with Crippen LogP contribution in [0.2, 0.25) is 0 Å². The number of carbonyl (C=O) groups excluding carboxylic acids is 1. The minimum absolute atomic E-state index is 0.0111. The number of phenols is 2. The second-order valence-electron chi connectivity index (χ2n) is 4.23. The third kappa shape index (κ3) is 2.41. The monoisotopic (exact) mass is 283 g/mol. The van der Waals surface area contributed by atoms with Crippen LogP contribution in [0.15, 0.2) is 40.6 Å². The number of hydrogen-bond acceptors (Lipinski definition) is 7. The molecule has 0 amide bonds. The molecule has 0 saturated heterocycles. The van der Waals surface area contributed by atoms with Crippen LogP contribution in [-0.4, -0.2) is 31.9 Å². The minimum Gasteiger partial charge on any atom is -0.508 e. The van der Waals surface area contributed by atoms with E-state index < -0.39 is 0 Å². The summed E-state index contributed by atoms with van der Waals surface area (Å²) in [6, 6.07) is 7.36. The molecule has 104 valence electrons. The molecule has 2 aromatic carbocycles. The first-order valence-corrected chi connectivity index (χ1v) is 5.91. The number of nitrogens with one attached hydrogen (secondary N) is 1. The maximum Gasteiger partial charge on any atom is 0.152 e. The van der Waals surface area contributed by atoms with E-state index in [1.807, 2.05) is 0 Å². The van der Waals surface area contributed by atoms with Crippen molar-refractivity contribution in [1.29, 1.82) is 0 Å². The Morgan fingerprint density at radius 1 is 1.14 bits per heavy atom. The van der Waals surface area contributed by atoms with Gasteiger partial charge in [0.1, 0.15) is 22.7 Å². The molecule has 21 heavy (non-hydrogen) atoms. The Kier molecular flexibility index (Phi) is 3.03. The van der Waals surface area contributed by atoms with E-state index >= 15 is 0 Å². The molecule has 0 radical (unpaired) electrons. The zero-order valence-corrected chi connectivity index (χ0v) is 10.6. The normalized spacial score (nSPS) is 11.2. The van der Waals surface area contributed by atoms with Gasteiger partial charge in [-0.05, 0) is 24.3 Å². The highest BCUT2D eigenvalue weighted by Crippen LogP contribution is 2.35. The van der Waals surface area contributed by atoms with Gasteiger partial charge < -0.3 is 10.2 Å². The highest BCUT2D eigenvalue weighted by molar-refractivity contribution is 5.86. The number of H-pyrrole nitrogens is 1. The number of aldehydes is 1. The molecule has 1 heterocycles. The molecule has 0 atom stereocenters. The zero-order valence-electron chi connectivity index (χ0n) is 10.6. The number of phenolic OH excluding ortho intramolecular Hbond substituents is 2. The molecule has 1 aromatic heterocycles. The Balaban J connectivity index is 2.00. The molecule has 0 unspecified atom stereocenters. The maximum absolute atomic E-state index is 10.9. The number of nitrogens with zero attached hydrogens (tertiary/aromatic N) is 4. The molecule has 3 rings (SSSR count). The Morgan fingerprint density at radius 3 is 2.81 bits per heavy atom. The van der Waals surface area contributed by atoms with Gasteiger partial charge in [-0.15, -0.1) is 10.2 Å². The summed E-state index contributed by atoms with van der Waals surface area (Å²) in [5.41, 5.74) is 1.90. The van der Waals surface area contributed by atoms with Crippen LogP contribution >= 0.6 is 0 Å². The molecule has 3 N–H and O–H groups in total. The predicted octanol–water partition coefficient (Wildman–Crippen LogP) is 2.60. The van der Waals surface area contributed by atoms with Crippen molar-refractivity contribution in [3.05, 3.63) is 35.9 Å². The quantitative estimate of drug-likeness (QED) is 0.503. The predicted molar refractivity (Wildman–Crippen MR) is 73.2 cm³/mol. The number of aromatic nitrogens is 3. The van der Waals surface area contributed by atoms with E-state index in [1.54, 1.807) is 18.2 Å². The fourth-order valence-electron chi connectivity index (χ4n) is 1.82. The molecule has 8 nitrogen and oxygen atoms in total. The van der Waals surface area contributed by atoms with Crippen molar-refractivity contribution < 1.29 is 15.0 Å². The van der Waals surface area contributed by atoms with Gasteiger partial charge in [-0.2, -0.15) is 5.11 Å². The van der Waals surface area contributed by atoms with E-state index in [-0.39, 0.29) is 22.7 Å². The van der Waals surface area contributed by atoms with Gasteiger partial charge in [0, 0.05) is 11.6 Å². The van der Waals surface area contributed by atoms with Crippen LogP contribution in [-0.2, 0) is 0 Å². The Hall–Kier alpha value is -3.29. The molecule has 0 aliphatic heterocycles. The van der Waals surface area contributed by atoms with Crippen LogP contribution in [0.25, 0.3) is 11.0 Å². The molecule has 8 heteroatoms. The third-order valence-corrected chi connectivity index (χ3v) is 2.81. The summed E-state index contributed by atoms with van der Waals surface area (Å²) < 4.78 is 0. The highest BCUT2D eigenvalue weighted by Gasteiger charge is 2.09. The highest BCUT2D eigenvalue weighted by atomic mass is 16.3. The summed E-state index contributed by atoms with van der Waals surface area (Å²) in [6.07, 6.45) is 0.481. The van der Waals surface area contributed by atoms with Crippen molar-refractivity contribution in [3.8, 4) is 11.5 Å². The van der Waals surface area contributed by atoms with E-state index in [2.05, 4.69) is 25.6 Å². The summed E-state index contributed by atoms with van der Waals surface area (Å²) in [6.45, 7) is 0. The van der Waals surface area contributed by atoms with Crippen LogP contribution in [0.1, 0.15) is 10.4 Å². The lowest BCUT2D eigenvalue weighted by molar-refractivity contribution is 0.112. The molecule has 0 spiro atoms. The van der Waals surface area contributed by atoms with E-state index in [9.17, 15) is 15.0 Å². The van der Waals surface area contributed by atoms with Crippen molar-refractivity contribution in [2.75, 3.05) is 0 Å². The fraction of sp³-hybridized carbons (Fsp3) is 0. The molecule has 0 bridgehead atoms. The topological polar surface area (TPSA) is 124 Å². The van der Waals surface area contributed by atoms with Crippen LogP contribution in [0.4, 0.5) is 11.4 Å². The minimum atomic E-state index is -0.330. The van der Waals surface area contributed by atoms with E-state index in [0.717, 1.165) is 11.6 Å². The van der Waals surface area contributed by atoms with Crippen molar-refractivity contribution in [2.24, 2.45) is 10.2 Å². The zero-order chi connectivity index (χ0) is 14.8. The number of azo groups is 1. The van der Waals surface area contributed by atoms with Crippen LogP contribution in [0, 0.1) is 0 Å². The van der Waals surface area contributed by atoms with Crippen molar-refractivity contribution >= 4 is 28.7 Å². The molecule has 3 aromatic rings. The maximum atomic E-state index is 10.9. The van der Waals surface area contributed by atoms with E-state index in [0.29, 0.717) is 17.5 Å². The Morgan fingerprint density at radius 2 is 2.00 bits per heavy atom. The van der Waals surface area contributed by atoms with Gasteiger partial charge >= 0.3 is 0 Å². The van der Waals surface area contributed by atoms with Crippen molar-refractivity contribution in [1.82, 2.24) is 15.4 Å². The van der Waals surface area contributed by atoms with Gasteiger partial charge in [-0.1, -0.05) is 5.21 Å². The molecule has 0 aliphatic rings. The number of benzene rings is 2.